The minimum atomic E-state index is 0.525. The van der Waals surface area contributed by atoms with E-state index in [9.17, 15) is 0 Å². The van der Waals surface area contributed by atoms with Gasteiger partial charge in [0, 0.05) is 12.5 Å². The Balaban J connectivity index is 2.20. The molecule has 0 saturated carbocycles. The number of thiophene rings is 1. The Morgan fingerprint density at radius 1 is 1.44 bits per heavy atom. The number of hydrogen-bond donors (Lipinski definition) is 0. The third-order valence-corrected chi connectivity index (χ3v) is 4.04. The highest BCUT2D eigenvalue weighted by Gasteiger charge is 2.05. The van der Waals surface area contributed by atoms with Crippen molar-refractivity contribution in [2.45, 2.75) is 29.0 Å². The van der Waals surface area contributed by atoms with Gasteiger partial charge in [-0.2, -0.15) is 0 Å². The van der Waals surface area contributed by atoms with Crippen molar-refractivity contribution in [1.29, 1.82) is 0 Å². The first-order valence-electron chi connectivity index (χ1n) is 5.02. The van der Waals surface area contributed by atoms with Gasteiger partial charge in [0.25, 0.3) is 0 Å². The molecule has 2 aromatic heterocycles. The highest BCUT2D eigenvalue weighted by Crippen LogP contribution is 2.30. The molecule has 2 rings (SSSR count). The van der Waals surface area contributed by atoms with Crippen LogP contribution in [-0.2, 0) is 6.42 Å². The number of hydrogen-bond acceptors (Lipinski definition) is 4. The zero-order valence-electron chi connectivity index (χ0n) is 8.81. The number of rotatable bonds is 4. The first kappa shape index (κ1) is 11.9. The van der Waals surface area contributed by atoms with Crippen LogP contribution < -0.4 is 0 Å². The molecule has 2 heterocycles. The van der Waals surface area contributed by atoms with Crippen LogP contribution in [0.25, 0.3) is 0 Å². The van der Waals surface area contributed by atoms with Crippen LogP contribution in [0.4, 0.5) is 0 Å². The van der Waals surface area contributed by atoms with E-state index in [1.54, 1.807) is 23.1 Å². The van der Waals surface area contributed by atoms with Gasteiger partial charge in [-0.15, -0.1) is 11.3 Å². The number of aryl methyl sites for hydroxylation is 1. The van der Waals surface area contributed by atoms with Crippen molar-refractivity contribution >= 4 is 34.7 Å². The normalized spacial score (nSPS) is 10.6. The molecule has 2 nitrogen and oxygen atoms in total. The van der Waals surface area contributed by atoms with E-state index in [1.165, 1.54) is 4.21 Å². The SMILES string of the molecule is CCCc1nc(Cl)cc(Sc2cccs2)n1. The lowest BCUT2D eigenvalue weighted by Gasteiger charge is -2.02. The lowest BCUT2D eigenvalue weighted by atomic mass is 10.3. The van der Waals surface area contributed by atoms with Crippen LogP contribution >= 0.6 is 34.7 Å². The first-order valence-corrected chi connectivity index (χ1v) is 7.10. The van der Waals surface area contributed by atoms with Crippen LogP contribution in [-0.4, -0.2) is 9.97 Å². The van der Waals surface area contributed by atoms with Crippen LogP contribution in [0.3, 0.4) is 0 Å². The van der Waals surface area contributed by atoms with Crippen molar-refractivity contribution < 1.29 is 0 Å². The molecule has 0 atom stereocenters. The van der Waals surface area contributed by atoms with Crippen LogP contribution in [0.2, 0.25) is 5.15 Å². The molecule has 16 heavy (non-hydrogen) atoms. The van der Waals surface area contributed by atoms with Gasteiger partial charge in [0.1, 0.15) is 16.0 Å². The summed E-state index contributed by atoms with van der Waals surface area (Å²) in [6.07, 6.45) is 1.90. The van der Waals surface area contributed by atoms with Crippen LogP contribution in [0.15, 0.2) is 32.8 Å². The fourth-order valence-electron chi connectivity index (χ4n) is 1.25. The Morgan fingerprint density at radius 3 is 3.00 bits per heavy atom. The van der Waals surface area contributed by atoms with Crippen molar-refractivity contribution in [2.24, 2.45) is 0 Å². The van der Waals surface area contributed by atoms with E-state index in [-0.39, 0.29) is 0 Å². The van der Waals surface area contributed by atoms with Gasteiger partial charge in [0.2, 0.25) is 0 Å². The molecule has 0 amide bonds. The highest BCUT2D eigenvalue weighted by molar-refractivity contribution is 8.01. The molecular formula is C11H11ClN2S2. The summed E-state index contributed by atoms with van der Waals surface area (Å²) in [6.45, 7) is 2.11. The van der Waals surface area contributed by atoms with Crippen LogP contribution in [0.5, 0.6) is 0 Å². The molecule has 0 unspecified atom stereocenters. The van der Waals surface area contributed by atoms with Crippen molar-refractivity contribution in [2.75, 3.05) is 0 Å². The summed E-state index contributed by atoms with van der Waals surface area (Å²) in [7, 11) is 0. The van der Waals surface area contributed by atoms with Crippen molar-refractivity contribution in [3.8, 4) is 0 Å². The molecule has 0 aromatic carbocycles. The Labute approximate surface area is 108 Å². The summed E-state index contributed by atoms with van der Waals surface area (Å²) in [5, 5.41) is 3.50. The van der Waals surface area contributed by atoms with Gasteiger partial charge < -0.3 is 0 Å². The summed E-state index contributed by atoms with van der Waals surface area (Å²) in [5.74, 6) is 0.828. The number of aromatic nitrogens is 2. The van der Waals surface area contributed by atoms with Gasteiger partial charge in [0.15, 0.2) is 0 Å². The van der Waals surface area contributed by atoms with Crippen molar-refractivity contribution in [3.05, 3.63) is 34.6 Å². The average Bonchev–Trinajstić information content (AvgIpc) is 2.70. The molecule has 2 aromatic rings. The maximum Gasteiger partial charge on any atom is 0.133 e. The van der Waals surface area contributed by atoms with Gasteiger partial charge in [-0.3, -0.25) is 0 Å². The molecular weight excluding hydrogens is 260 g/mol. The summed E-state index contributed by atoms with van der Waals surface area (Å²) >= 11 is 9.30. The van der Waals surface area contributed by atoms with Gasteiger partial charge in [-0.05, 0) is 17.9 Å². The topological polar surface area (TPSA) is 25.8 Å². The van der Waals surface area contributed by atoms with E-state index in [2.05, 4.69) is 28.3 Å². The van der Waals surface area contributed by atoms with E-state index in [4.69, 9.17) is 11.6 Å². The molecule has 0 radical (unpaired) electrons. The third kappa shape index (κ3) is 3.20. The van der Waals surface area contributed by atoms with E-state index in [0.29, 0.717) is 5.15 Å². The van der Waals surface area contributed by atoms with E-state index >= 15 is 0 Å². The maximum absolute atomic E-state index is 5.96. The summed E-state index contributed by atoms with van der Waals surface area (Å²) in [5.41, 5.74) is 0. The molecule has 0 spiro atoms. The Morgan fingerprint density at radius 2 is 2.31 bits per heavy atom. The highest BCUT2D eigenvalue weighted by atomic mass is 35.5. The minimum absolute atomic E-state index is 0.525. The Hall–Kier alpha value is -0.580. The maximum atomic E-state index is 5.96. The van der Waals surface area contributed by atoms with Gasteiger partial charge in [-0.25, -0.2) is 9.97 Å². The van der Waals surface area contributed by atoms with Gasteiger partial charge >= 0.3 is 0 Å². The standard InChI is InChI=1S/C11H11ClN2S2/c1-2-4-9-13-8(12)7-10(14-9)16-11-5-3-6-15-11/h3,5-7H,2,4H2,1H3. The first-order chi connectivity index (χ1) is 7.78. The second kappa shape index (κ2) is 5.66. The zero-order chi connectivity index (χ0) is 11.4. The van der Waals surface area contributed by atoms with Crippen LogP contribution in [0, 0.1) is 0 Å². The lowest BCUT2D eigenvalue weighted by molar-refractivity contribution is 0.810. The second-order valence-corrected chi connectivity index (χ2v) is 5.88. The lowest BCUT2D eigenvalue weighted by Crippen LogP contribution is -1.95. The predicted molar refractivity (Wildman–Crippen MR) is 69.5 cm³/mol. The molecule has 0 aliphatic carbocycles. The monoisotopic (exact) mass is 270 g/mol. The van der Waals surface area contributed by atoms with Crippen molar-refractivity contribution in [1.82, 2.24) is 9.97 Å². The minimum Gasteiger partial charge on any atom is -0.226 e. The van der Waals surface area contributed by atoms with E-state index in [0.717, 1.165) is 23.7 Å². The molecule has 0 saturated heterocycles. The summed E-state index contributed by atoms with van der Waals surface area (Å²) in [4.78, 5) is 8.67. The van der Waals surface area contributed by atoms with Gasteiger partial charge in [-0.1, -0.05) is 36.4 Å². The zero-order valence-corrected chi connectivity index (χ0v) is 11.2. The third-order valence-electron chi connectivity index (χ3n) is 1.89. The smallest absolute Gasteiger partial charge is 0.133 e. The summed E-state index contributed by atoms with van der Waals surface area (Å²) < 4.78 is 1.22. The second-order valence-electron chi connectivity index (χ2n) is 3.23. The molecule has 5 heteroatoms. The molecule has 0 N–H and O–H groups in total. The van der Waals surface area contributed by atoms with E-state index in [1.807, 2.05) is 12.1 Å². The van der Waals surface area contributed by atoms with Crippen molar-refractivity contribution in [3.63, 3.8) is 0 Å². The van der Waals surface area contributed by atoms with Crippen LogP contribution in [0.1, 0.15) is 19.2 Å². The number of nitrogens with zero attached hydrogens (tertiary/aromatic N) is 2. The molecule has 0 aliphatic rings. The Bertz CT molecular complexity index is 457. The molecule has 0 aliphatic heterocycles. The largest absolute Gasteiger partial charge is 0.226 e. The fourth-order valence-corrected chi connectivity index (χ4v) is 3.26. The summed E-state index contributed by atoms with van der Waals surface area (Å²) in [6, 6.07) is 5.92. The molecule has 0 fully saturated rings. The fraction of sp³-hybridized carbons (Fsp3) is 0.273. The molecule has 0 bridgehead atoms. The Kier molecular flexibility index (Phi) is 4.21. The quantitative estimate of drug-likeness (QED) is 0.775. The van der Waals surface area contributed by atoms with Gasteiger partial charge in [0.05, 0.1) is 4.21 Å². The molecule has 84 valence electrons. The average molecular weight is 271 g/mol. The predicted octanol–water partition coefficient (Wildman–Crippen LogP) is 4.30. The number of halogens is 1. The van der Waals surface area contributed by atoms with E-state index < -0.39 is 0 Å².